The van der Waals surface area contributed by atoms with Gasteiger partial charge in [0.1, 0.15) is 0 Å². The predicted molar refractivity (Wildman–Crippen MR) is 95.9 cm³/mol. The number of rotatable bonds is 6. The smallest absolute Gasteiger partial charge is 0.261 e. The third-order valence-electron chi connectivity index (χ3n) is 3.28. The molecule has 1 amide bonds. The first-order chi connectivity index (χ1) is 12.2. The number of benzene rings is 2. The van der Waals surface area contributed by atoms with E-state index in [1.807, 2.05) is 19.9 Å². The molecule has 0 aliphatic heterocycles. The summed E-state index contributed by atoms with van der Waals surface area (Å²) in [6.45, 7) is 3.74. The Bertz CT molecular complexity index is 943. The van der Waals surface area contributed by atoms with E-state index in [0.717, 1.165) is 17.2 Å². The lowest BCUT2D eigenvalue weighted by atomic mass is 10.1. The Morgan fingerprint density at radius 3 is 2.04 bits per heavy atom. The topological polar surface area (TPSA) is 115 Å². The molecule has 2 N–H and O–H groups in total. The molecule has 2 aromatic carbocycles. The first-order valence-corrected chi connectivity index (χ1v) is 9.05. The van der Waals surface area contributed by atoms with Crippen molar-refractivity contribution in [1.82, 2.24) is 0 Å². The van der Waals surface area contributed by atoms with Crippen LogP contribution in [0.2, 0.25) is 0 Å². The maximum absolute atomic E-state index is 12.5. The number of nitrogens with one attached hydrogen (secondary N) is 2. The molecule has 2 rings (SSSR count). The van der Waals surface area contributed by atoms with E-state index in [-0.39, 0.29) is 4.90 Å². The van der Waals surface area contributed by atoms with Crippen LogP contribution in [-0.4, -0.2) is 20.3 Å². The zero-order valence-electron chi connectivity index (χ0n) is 14.1. The number of aliphatic carboxylic acids is 1. The molecule has 7 nitrogen and oxygen atoms in total. The van der Waals surface area contributed by atoms with Crippen molar-refractivity contribution in [2.45, 2.75) is 18.7 Å². The number of aryl methyl sites for hydroxylation is 2. The SMILES string of the molecule is Cc1cc(C)cc(NS(=O)(=O)c2ccc(NC(=O)/C=C/C(=O)[O-])cc2)c1. The third-order valence-corrected chi connectivity index (χ3v) is 4.67. The van der Waals surface area contributed by atoms with Gasteiger partial charge < -0.3 is 15.2 Å². The van der Waals surface area contributed by atoms with E-state index in [9.17, 15) is 23.1 Å². The molecule has 8 heteroatoms. The van der Waals surface area contributed by atoms with Gasteiger partial charge in [0.2, 0.25) is 5.91 Å². The second-order valence-corrected chi connectivity index (χ2v) is 7.33. The molecule has 0 unspecified atom stereocenters. The van der Waals surface area contributed by atoms with E-state index >= 15 is 0 Å². The number of anilines is 2. The third kappa shape index (κ3) is 5.45. The van der Waals surface area contributed by atoms with Gasteiger partial charge in [-0.05, 0) is 67.4 Å². The Hall–Kier alpha value is -3.13. The normalized spacial score (nSPS) is 11.3. The fourth-order valence-electron chi connectivity index (χ4n) is 2.29. The van der Waals surface area contributed by atoms with E-state index < -0.39 is 21.9 Å². The van der Waals surface area contributed by atoms with Crippen LogP contribution >= 0.6 is 0 Å². The molecule has 0 bridgehead atoms. The molecular weight excluding hydrogens is 356 g/mol. The molecule has 0 radical (unpaired) electrons. The number of carbonyl (C=O) groups is 2. The first kappa shape index (κ1) is 19.2. The van der Waals surface area contributed by atoms with Gasteiger partial charge in [0.05, 0.1) is 10.9 Å². The minimum atomic E-state index is -3.78. The Kier molecular flexibility index (Phi) is 5.78. The van der Waals surface area contributed by atoms with Crippen molar-refractivity contribution >= 4 is 33.3 Å². The molecule has 26 heavy (non-hydrogen) atoms. The maximum Gasteiger partial charge on any atom is 0.261 e. The van der Waals surface area contributed by atoms with Gasteiger partial charge in [-0.15, -0.1) is 0 Å². The van der Waals surface area contributed by atoms with Crippen LogP contribution < -0.4 is 15.1 Å². The molecule has 2 aromatic rings. The van der Waals surface area contributed by atoms with Crippen molar-refractivity contribution in [3.63, 3.8) is 0 Å². The Morgan fingerprint density at radius 1 is 0.923 bits per heavy atom. The van der Waals surface area contributed by atoms with Crippen molar-refractivity contribution < 1.29 is 23.1 Å². The molecule has 0 heterocycles. The summed E-state index contributed by atoms with van der Waals surface area (Å²) in [4.78, 5) is 21.8. The summed E-state index contributed by atoms with van der Waals surface area (Å²) in [7, 11) is -3.78. The lowest BCUT2D eigenvalue weighted by molar-refractivity contribution is -0.297. The standard InChI is InChI=1S/C18H18N2O5S/c1-12-9-13(2)11-15(10-12)20-26(24,25)16-5-3-14(4-6-16)19-17(21)7-8-18(22)23/h3-11,20H,1-2H3,(H,19,21)(H,22,23)/p-1/b8-7+. The zero-order valence-corrected chi connectivity index (χ0v) is 15.0. The van der Waals surface area contributed by atoms with E-state index in [1.165, 1.54) is 24.3 Å². The molecule has 0 saturated carbocycles. The molecule has 0 atom stereocenters. The highest BCUT2D eigenvalue weighted by molar-refractivity contribution is 7.92. The predicted octanol–water partition coefficient (Wildman–Crippen LogP) is 1.35. The van der Waals surface area contributed by atoms with Gasteiger partial charge in [-0.2, -0.15) is 0 Å². The van der Waals surface area contributed by atoms with Crippen LogP contribution in [0.25, 0.3) is 0 Å². The fraction of sp³-hybridized carbons (Fsp3) is 0.111. The van der Waals surface area contributed by atoms with Gasteiger partial charge in [0.15, 0.2) is 0 Å². The zero-order chi connectivity index (χ0) is 19.3. The average Bonchev–Trinajstić information content (AvgIpc) is 2.52. The Balaban J connectivity index is 2.13. The Morgan fingerprint density at radius 2 is 1.50 bits per heavy atom. The summed E-state index contributed by atoms with van der Waals surface area (Å²) in [5, 5.41) is 12.7. The summed E-state index contributed by atoms with van der Waals surface area (Å²) in [6.07, 6.45) is 1.41. The lowest BCUT2D eigenvalue weighted by Gasteiger charge is -2.10. The lowest BCUT2D eigenvalue weighted by Crippen LogP contribution is -2.20. The maximum atomic E-state index is 12.5. The monoisotopic (exact) mass is 373 g/mol. The molecule has 0 fully saturated rings. The van der Waals surface area contributed by atoms with Crippen LogP contribution in [0.1, 0.15) is 11.1 Å². The van der Waals surface area contributed by atoms with Crippen LogP contribution in [0.5, 0.6) is 0 Å². The van der Waals surface area contributed by atoms with E-state index in [0.29, 0.717) is 17.5 Å². The molecule has 0 spiro atoms. The number of carbonyl (C=O) groups excluding carboxylic acids is 2. The fourth-order valence-corrected chi connectivity index (χ4v) is 3.33. The van der Waals surface area contributed by atoms with Gasteiger partial charge in [-0.3, -0.25) is 9.52 Å². The average molecular weight is 373 g/mol. The van der Waals surface area contributed by atoms with Crippen LogP contribution in [0.3, 0.4) is 0 Å². The largest absolute Gasteiger partial charge is 0.545 e. The summed E-state index contributed by atoms with van der Waals surface area (Å²) in [5.41, 5.74) is 2.66. The number of amides is 1. The van der Waals surface area contributed by atoms with E-state index in [1.54, 1.807) is 12.1 Å². The van der Waals surface area contributed by atoms with Crippen molar-refractivity contribution in [3.05, 3.63) is 65.7 Å². The minimum absolute atomic E-state index is 0.0277. The molecule has 0 aliphatic rings. The van der Waals surface area contributed by atoms with Gasteiger partial charge >= 0.3 is 0 Å². The van der Waals surface area contributed by atoms with Crippen molar-refractivity contribution in [3.8, 4) is 0 Å². The van der Waals surface area contributed by atoms with Crippen LogP contribution in [-0.2, 0) is 19.6 Å². The highest BCUT2D eigenvalue weighted by Crippen LogP contribution is 2.20. The highest BCUT2D eigenvalue weighted by atomic mass is 32.2. The number of hydrogen-bond acceptors (Lipinski definition) is 5. The van der Waals surface area contributed by atoms with Crippen molar-refractivity contribution in [2.24, 2.45) is 0 Å². The second-order valence-electron chi connectivity index (χ2n) is 5.65. The molecule has 0 saturated heterocycles. The number of sulfonamides is 1. The van der Waals surface area contributed by atoms with Crippen LogP contribution in [0, 0.1) is 13.8 Å². The van der Waals surface area contributed by atoms with Gasteiger partial charge in [-0.1, -0.05) is 6.07 Å². The van der Waals surface area contributed by atoms with Gasteiger partial charge in [0, 0.05) is 17.5 Å². The number of carboxylic acid groups (broad SMARTS) is 1. The number of carboxylic acids is 1. The quantitative estimate of drug-likeness (QED) is 0.742. The summed E-state index contributed by atoms with van der Waals surface area (Å²) >= 11 is 0. The molecular formula is C18H17N2O5S-. The molecule has 0 aromatic heterocycles. The van der Waals surface area contributed by atoms with E-state index in [2.05, 4.69) is 10.0 Å². The van der Waals surface area contributed by atoms with E-state index in [4.69, 9.17) is 0 Å². The first-order valence-electron chi connectivity index (χ1n) is 7.57. The van der Waals surface area contributed by atoms with Gasteiger partial charge in [0.25, 0.3) is 10.0 Å². The van der Waals surface area contributed by atoms with Crippen molar-refractivity contribution in [2.75, 3.05) is 10.0 Å². The van der Waals surface area contributed by atoms with Crippen molar-refractivity contribution in [1.29, 1.82) is 0 Å². The number of hydrogen-bond donors (Lipinski definition) is 2. The highest BCUT2D eigenvalue weighted by Gasteiger charge is 2.14. The van der Waals surface area contributed by atoms with Gasteiger partial charge in [-0.25, -0.2) is 8.42 Å². The summed E-state index contributed by atoms with van der Waals surface area (Å²) in [5.74, 6) is -2.16. The Labute approximate surface area is 151 Å². The second kappa shape index (κ2) is 7.83. The summed E-state index contributed by atoms with van der Waals surface area (Å²) in [6, 6.07) is 10.9. The summed E-state index contributed by atoms with van der Waals surface area (Å²) < 4.78 is 27.4. The molecule has 136 valence electrons. The molecule has 0 aliphatic carbocycles. The van der Waals surface area contributed by atoms with Crippen LogP contribution in [0.15, 0.2) is 59.5 Å². The van der Waals surface area contributed by atoms with Crippen LogP contribution in [0.4, 0.5) is 11.4 Å². The minimum Gasteiger partial charge on any atom is -0.545 e.